The number of halogens is 1. The van der Waals surface area contributed by atoms with Gasteiger partial charge in [0.1, 0.15) is 0 Å². The molecule has 20 heavy (non-hydrogen) atoms. The molecule has 0 spiro atoms. The van der Waals surface area contributed by atoms with Crippen molar-refractivity contribution in [2.75, 3.05) is 32.1 Å². The summed E-state index contributed by atoms with van der Waals surface area (Å²) in [4.78, 5) is 4.67. The fraction of sp³-hybridized carbons (Fsp3) is 0.733. The Morgan fingerprint density at radius 2 is 1.70 bits per heavy atom. The zero-order valence-electron chi connectivity index (χ0n) is 13.3. The smallest absolute Gasteiger partial charge is 0.151 e. The Hall–Kier alpha value is -1.23. The summed E-state index contributed by atoms with van der Waals surface area (Å²) >= 11 is 0. The van der Waals surface area contributed by atoms with Crippen LogP contribution in [0.2, 0.25) is 0 Å². The minimum Gasteiger partial charge on any atom is -0.355 e. The van der Waals surface area contributed by atoms with E-state index in [0.717, 1.165) is 24.6 Å². The molecular weight excluding hydrogens is 255 g/mol. The van der Waals surface area contributed by atoms with E-state index in [4.69, 9.17) is 0 Å². The summed E-state index contributed by atoms with van der Waals surface area (Å²) in [7, 11) is 4.33. The molecule has 0 aromatic carbocycles. The van der Waals surface area contributed by atoms with Crippen molar-refractivity contribution in [3.05, 3.63) is 17.8 Å². The molecule has 1 aliphatic rings. The van der Waals surface area contributed by atoms with Gasteiger partial charge in [-0.05, 0) is 39.1 Å². The molecule has 1 aliphatic heterocycles. The lowest BCUT2D eigenvalue weighted by atomic mass is 9.92. The monoisotopic (exact) mass is 282 g/mol. The minimum absolute atomic E-state index is 0. The third-order valence-electron chi connectivity index (χ3n) is 3.94. The molecule has 0 bridgehead atoms. The van der Waals surface area contributed by atoms with E-state index in [1.165, 1.54) is 12.8 Å². The van der Waals surface area contributed by atoms with Crippen molar-refractivity contribution >= 4 is 5.82 Å². The third-order valence-corrected chi connectivity index (χ3v) is 3.94. The quantitative estimate of drug-likeness (QED) is 0.834. The van der Waals surface area contributed by atoms with Crippen LogP contribution in [-0.2, 0) is 5.41 Å². The summed E-state index contributed by atoms with van der Waals surface area (Å²) in [6, 6.07) is 4.93. The highest BCUT2D eigenvalue weighted by molar-refractivity contribution is 5.38. The molecule has 5 heteroatoms. The maximum atomic E-state index is 4.40. The molecule has 1 fully saturated rings. The van der Waals surface area contributed by atoms with Gasteiger partial charge in [-0.15, -0.1) is 5.10 Å². The highest BCUT2D eigenvalue weighted by atomic mass is 19.0. The molecule has 1 saturated heterocycles. The molecule has 0 N–H and O–H groups in total. The van der Waals surface area contributed by atoms with E-state index in [2.05, 4.69) is 67.0 Å². The molecule has 0 radical (unpaired) electrons. The van der Waals surface area contributed by atoms with Gasteiger partial charge >= 0.3 is 0 Å². The SMILES string of the molecule is CN(C)C1CCN(c2ccc(C(C)(C)C)nn2)CC1.F. The number of piperidine rings is 1. The van der Waals surface area contributed by atoms with Crippen LogP contribution in [0, 0.1) is 0 Å². The van der Waals surface area contributed by atoms with Crippen LogP contribution < -0.4 is 4.90 Å². The Balaban J connectivity index is 0.00000200. The van der Waals surface area contributed by atoms with Crippen LogP contribution in [-0.4, -0.2) is 48.3 Å². The van der Waals surface area contributed by atoms with Crippen LogP contribution >= 0.6 is 0 Å². The van der Waals surface area contributed by atoms with Crippen molar-refractivity contribution in [1.82, 2.24) is 15.1 Å². The van der Waals surface area contributed by atoms with Crippen molar-refractivity contribution in [3.8, 4) is 0 Å². The third kappa shape index (κ3) is 3.88. The summed E-state index contributed by atoms with van der Waals surface area (Å²) in [5.41, 5.74) is 1.13. The Morgan fingerprint density at radius 3 is 2.10 bits per heavy atom. The lowest BCUT2D eigenvalue weighted by Gasteiger charge is -2.35. The summed E-state index contributed by atoms with van der Waals surface area (Å²) in [5, 5.41) is 8.78. The molecule has 0 saturated carbocycles. The average molecular weight is 282 g/mol. The summed E-state index contributed by atoms with van der Waals surface area (Å²) in [6.45, 7) is 8.65. The molecule has 1 aromatic heterocycles. The maximum Gasteiger partial charge on any atom is 0.151 e. The van der Waals surface area contributed by atoms with Crippen molar-refractivity contribution < 1.29 is 4.70 Å². The van der Waals surface area contributed by atoms with Gasteiger partial charge in [0.05, 0.1) is 5.69 Å². The van der Waals surface area contributed by atoms with Crippen molar-refractivity contribution in [1.29, 1.82) is 0 Å². The molecule has 0 unspecified atom stereocenters. The molecule has 1 aromatic rings. The van der Waals surface area contributed by atoms with Crippen LogP contribution in [0.1, 0.15) is 39.3 Å². The number of aromatic nitrogens is 2. The maximum absolute atomic E-state index is 4.40. The van der Waals surface area contributed by atoms with E-state index < -0.39 is 0 Å². The largest absolute Gasteiger partial charge is 0.355 e. The first kappa shape index (κ1) is 16.8. The normalized spacial score (nSPS) is 17.2. The van der Waals surface area contributed by atoms with E-state index in [1.807, 2.05) is 0 Å². The lowest BCUT2D eigenvalue weighted by molar-refractivity contribution is 0.249. The van der Waals surface area contributed by atoms with Gasteiger partial charge < -0.3 is 9.80 Å². The molecular formula is C15H27FN4. The summed E-state index contributed by atoms with van der Waals surface area (Å²) < 4.78 is 0. The van der Waals surface area contributed by atoms with Crippen molar-refractivity contribution in [2.45, 2.75) is 45.1 Å². The fourth-order valence-electron chi connectivity index (χ4n) is 2.51. The number of rotatable bonds is 2. The molecule has 0 amide bonds. The van der Waals surface area contributed by atoms with E-state index in [0.29, 0.717) is 6.04 Å². The summed E-state index contributed by atoms with van der Waals surface area (Å²) in [6.07, 6.45) is 2.41. The minimum atomic E-state index is 0. The Kier molecular flexibility index (Phi) is 5.45. The van der Waals surface area contributed by atoms with Crippen LogP contribution in [0.3, 0.4) is 0 Å². The zero-order valence-corrected chi connectivity index (χ0v) is 13.3. The van der Waals surface area contributed by atoms with Crippen molar-refractivity contribution in [3.63, 3.8) is 0 Å². The van der Waals surface area contributed by atoms with Gasteiger partial charge in [0.2, 0.25) is 0 Å². The van der Waals surface area contributed by atoms with Crippen LogP contribution in [0.25, 0.3) is 0 Å². The second kappa shape index (κ2) is 6.48. The van der Waals surface area contributed by atoms with Gasteiger partial charge in [0, 0.05) is 24.5 Å². The fourth-order valence-corrected chi connectivity index (χ4v) is 2.51. The lowest BCUT2D eigenvalue weighted by Crippen LogP contribution is -2.42. The first-order valence-corrected chi connectivity index (χ1v) is 7.13. The molecule has 0 atom stereocenters. The van der Waals surface area contributed by atoms with E-state index in [1.54, 1.807) is 0 Å². The highest BCUT2D eigenvalue weighted by Crippen LogP contribution is 2.23. The topological polar surface area (TPSA) is 32.3 Å². The van der Waals surface area contributed by atoms with Crippen molar-refractivity contribution in [2.24, 2.45) is 0 Å². The van der Waals surface area contributed by atoms with Gasteiger partial charge in [0.25, 0.3) is 0 Å². The number of hydrogen-bond acceptors (Lipinski definition) is 4. The Morgan fingerprint density at radius 1 is 1.10 bits per heavy atom. The van der Waals surface area contributed by atoms with Gasteiger partial charge in [-0.3, -0.25) is 4.70 Å². The second-order valence-electron chi connectivity index (χ2n) is 6.71. The predicted octanol–water partition coefficient (Wildman–Crippen LogP) is 2.46. The van der Waals surface area contributed by atoms with Gasteiger partial charge in [-0.25, -0.2) is 0 Å². The molecule has 4 nitrogen and oxygen atoms in total. The predicted molar refractivity (Wildman–Crippen MR) is 82.2 cm³/mol. The molecule has 2 heterocycles. The highest BCUT2D eigenvalue weighted by Gasteiger charge is 2.22. The second-order valence-corrected chi connectivity index (χ2v) is 6.71. The van der Waals surface area contributed by atoms with E-state index in [9.17, 15) is 0 Å². The van der Waals surface area contributed by atoms with Gasteiger partial charge in [0.15, 0.2) is 5.82 Å². The first-order chi connectivity index (χ1) is 8.88. The molecule has 2 rings (SSSR count). The number of nitrogens with zero attached hydrogens (tertiary/aromatic N) is 4. The van der Waals surface area contributed by atoms with Gasteiger partial charge in [-0.2, -0.15) is 5.10 Å². The average Bonchev–Trinajstić information content (AvgIpc) is 2.38. The first-order valence-electron chi connectivity index (χ1n) is 7.13. The van der Waals surface area contributed by atoms with Crippen LogP contribution in [0.15, 0.2) is 12.1 Å². The molecule has 114 valence electrons. The standard InChI is InChI=1S/C15H26N4.FH/c1-15(2,3)13-6-7-14(17-16-13)19-10-8-12(9-11-19)18(4)5;/h6-7,12H,8-11H2,1-5H3;1H. The Labute approximate surface area is 121 Å². The number of hydrogen-bond donors (Lipinski definition) is 0. The van der Waals surface area contributed by atoms with Crippen LogP contribution in [0.5, 0.6) is 0 Å². The van der Waals surface area contributed by atoms with Gasteiger partial charge in [-0.1, -0.05) is 20.8 Å². The van der Waals surface area contributed by atoms with Crippen LogP contribution in [0.4, 0.5) is 10.5 Å². The number of anilines is 1. The van der Waals surface area contributed by atoms with E-state index >= 15 is 0 Å². The Bertz CT molecular complexity index is 403. The zero-order chi connectivity index (χ0) is 14.0. The molecule has 0 aliphatic carbocycles. The van der Waals surface area contributed by atoms with E-state index in [-0.39, 0.29) is 10.1 Å². The summed E-state index contributed by atoms with van der Waals surface area (Å²) in [5.74, 6) is 1.02.